The second-order valence-electron chi connectivity index (χ2n) is 6.18. The fourth-order valence-electron chi connectivity index (χ4n) is 3.08. The largest absolute Gasteiger partial charge is 0.349 e. The zero-order chi connectivity index (χ0) is 16.2. The van der Waals surface area contributed by atoms with Crippen molar-refractivity contribution in [1.29, 1.82) is 0 Å². The monoisotopic (exact) mass is 329 g/mol. The number of carbonyl (C=O) groups is 1. The minimum absolute atomic E-state index is 0.0596. The van der Waals surface area contributed by atoms with Gasteiger partial charge < -0.3 is 11.1 Å². The van der Waals surface area contributed by atoms with Gasteiger partial charge in [0.15, 0.2) is 0 Å². The van der Waals surface area contributed by atoms with E-state index in [2.05, 4.69) is 10.3 Å². The van der Waals surface area contributed by atoms with Gasteiger partial charge in [0, 0.05) is 18.5 Å². The number of nitrogens with two attached hydrogens (primary N) is 1. The van der Waals surface area contributed by atoms with Crippen LogP contribution in [0.1, 0.15) is 63.6 Å². The van der Waals surface area contributed by atoms with Crippen molar-refractivity contribution in [2.24, 2.45) is 5.73 Å². The number of hydrogen-bond acceptors (Lipinski definition) is 4. The van der Waals surface area contributed by atoms with Gasteiger partial charge in [0.25, 0.3) is 5.91 Å². The molecule has 1 unspecified atom stereocenters. The van der Waals surface area contributed by atoms with E-state index in [1.807, 2.05) is 37.3 Å². The third kappa shape index (κ3) is 3.79. The van der Waals surface area contributed by atoms with Crippen molar-refractivity contribution in [3.05, 3.63) is 51.5 Å². The third-order valence-corrected chi connectivity index (χ3v) is 5.75. The Morgan fingerprint density at radius 2 is 2.04 bits per heavy atom. The highest BCUT2D eigenvalue weighted by Gasteiger charge is 2.23. The standard InChI is InChI=1S/C18H23N3OS/c1-12-16(23-18(21-12)14-9-5-6-10-14)17(22)20-11-15(19)13-7-3-2-4-8-13/h2-4,7-8,14-15H,5-6,9-11,19H2,1H3,(H,20,22). The fourth-order valence-corrected chi connectivity index (χ4v) is 4.23. The molecular formula is C18H23N3OS. The van der Waals surface area contributed by atoms with Crippen LogP contribution < -0.4 is 11.1 Å². The van der Waals surface area contributed by atoms with Crippen molar-refractivity contribution in [2.75, 3.05) is 6.54 Å². The van der Waals surface area contributed by atoms with E-state index in [0.717, 1.165) is 21.1 Å². The van der Waals surface area contributed by atoms with Crippen molar-refractivity contribution in [3.63, 3.8) is 0 Å². The van der Waals surface area contributed by atoms with Crippen LogP contribution in [0.5, 0.6) is 0 Å². The molecule has 0 bridgehead atoms. The molecule has 1 fully saturated rings. The zero-order valence-electron chi connectivity index (χ0n) is 13.4. The summed E-state index contributed by atoms with van der Waals surface area (Å²) in [5.74, 6) is 0.488. The highest BCUT2D eigenvalue weighted by atomic mass is 32.1. The Morgan fingerprint density at radius 1 is 1.35 bits per heavy atom. The number of carbonyl (C=O) groups excluding carboxylic acids is 1. The van der Waals surface area contributed by atoms with Crippen LogP contribution in [0, 0.1) is 6.92 Å². The van der Waals surface area contributed by atoms with Gasteiger partial charge in [0.2, 0.25) is 0 Å². The van der Waals surface area contributed by atoms with E-state index in [-0.39, 0.29) is 11.9 Å². The van der Waals surface area contributed by atoms with Crippen molar-refractivity contribution in [2.45, 2.75) is 44.6 Å². The van der Waals surface area contributed by atoms with Crippen molar-refractivity contribution < 1.29 is 4.79 Å². The minimum Gasteiger partial charge on any atom is -0.349 e. The molecule has 1 saturated carbocycles. The lowest BCUT2D eigenvalue weighted by Crippen LogP contribution is -2.31. The Hall–Kier alpha value is -1.72. The second kappa shape index (κ2) is 7.23. The zero-order valence-corrected chi connectivity index (χ0v) is 14.2. The summed E-state index contributed by atoms with van der Waals surface area (Å²) < 4.78 is 0. The summed E-state index contributed by atoms with van der Waals surface area (Å²) in [6.07, 6.45) is 4.95. The number of hydrogen-bond donors (Lipinski definition) is 2. The molecule has 122 valence electrons. The molecule has 0 radical (unpaired) electrons. The first-order valence-corrected chi connectivity index (χ1v) is 9.03. The highest BCUT2D eigenvalue weighted by Crippen LogP contribution is 2.37. The summed E-state index contributed by atoms with van der Waals surface area (Å²) in [5.41, 5.74) is 8.00. The van der Waals surface area contributed by atoms with Crippen molar-refractivity contribution in [3.8, 4) is 0 Å². The number of benzene rings is 1. The average molecular weight is 329 g/mol. The van der Waals surface area contributed by atoms with Gasteiger partial charge in [-0.2, -0.15) is 0 Å². The van der Waals surface area contributed by atoms with Crippen LogP contribution in [-0.4, -0.2) is 17.4 Å². The van der Waals surface area contributed by atoms with Gasteiger partial charge in [0.05, 0.1) is 10.7 Å². The number of aromatic nitrogens is 1. The van der Waals surface area contributed by atoms with Crippen LogP contribution in [0.4, 0.5) is 0 Å². The molecule has 1 aliphatic rings. The Labute approximate surface area is 141 Å². The van der Waals surface area contributed by atoms with E-state index in [1.54, 1.807) is 11.3 Å². The normalized spacial score (nSPS) is 16.4. The van der Waals surface area contributed by atoms with Gasteiger partial charge >= 0.3 is 0 Å². The maximum Gasteiger partial charge on any atom is 0.263 e. The molecule has 2 aromatic rings. The summed E-state index contributed by atoms with van der Waals surface area (Å²) >= 11 is 1.55. The highest BCUT2D eigenvalue weighted by molar-refractivity contribution is 7.13. The maximum atomic E-state index is 12.4. The van der Waals surface area contributed by atoms with Crippen molar-refractivity contribution >= 4 is 17.2 Å². The SMILES string of the molecule is Cc1nc(C2CCCC2)sc1C(=O)NCC(N)c1ccccc1. The molecule has 1 aliphatic carbocycles. The number of thiazole rings is 1. The first-order chi connectivity index (χ1) is 11.1. The van der Waals surface area contributed by atoms with E-state index in [9.17, 15) is 4.79 Å². The predicted octanol–water partition coefficient (Wildman–Crippen LogP) is 3.54. The Bertz CT molecular complexity index is 662. The Balaban J connectivity index is 1.62. The quantitative estimate of drug-likeness (QED) is 0.881. The topological polar surface area (TPSA) is 68.0 Å². The first kappa shape index (κ1) is 16.1. The molecule has 0 saturated heterocycles. The van der Waals surface area contributed by atoms with Crippen LogP contribution in [-0.2, 0) is 0 Å². The molecule has 3 rings (SSSR count). The summed E-state index contributed by atoms with van der Waals surface area (Å²) in [7, 11) is 0. The van der Waals surface area contributed by atoms with Gasteiger partial charge in [-0.25, -0.2) is 4.98 Å². The third-order valence-electron chi connectivity index (χ3n) is 4.43. The summed E-state index contributed by atoms with van der Waals surface area (Å²) in [5, 5.41) is 4.07. The lowest BCUT2D eigenvalue weighted by molar-refractivity contribution is 0.0954. The first-order valence-electron chi connectivity index (χ1n) is 8.21. The molecule has 0 aliphatic heterocycles. The molecule has 1 atom stereocenters. The van der Waals surface area contributed by atoms with Crippen LogP contribution in [0.15, 0.2) is 30.3 Å². The molecule has 1 aromatic heterocycles. The number of nitrogens with one attached hydrogen (secondary N) is 1. The maximum absolute atomic E-state index is 12.4. The fraction of sp³-hybridized carbons (Fsp3) is 0.444. The van der Waals surface area contributed by atoms with Gasteiger partial charge in [-0.1, -0.05) is 43.2 Å². The Morgan fingerprint density at radius 3 is 2.74 bits per heavy atom. The number of aryl methyl sites for hydroxylation is 1. The van der Waals surface area contributed by atoms with Gasteiger partial charge in [-0.3, -0.25) is 4.79 Å². The van der Waals surface area contributed by atoms with E-state index in [4.69, 9.17) is 5.73 Å². The number of nitrogens with zero attached hydrogens (tertiary/aromatic N) is 1. The van der Waals surface area contributed by atoms with Crippen LogP contribution >= 0.6 is 11.3 Å². The van der Waals surface area contributed by atoms with E-state index < -0.39 is 0 Å². The van der Waals surface area contributed by atoms with Gasteiger partial charge in [-0.15, -0.1) is 11.3 Å². The van der Waals surface area contributed by atoms with Crippen LogP contribution in [0.2, 0.25) is 0 Å². The lowest BCUT2D eigenvalue weighted by atomic mass is 10.1. The summed E-state index contributed by atoms with van der Waals surface area (Å²) in [6, 6.07) is 9.64. The second-order valence-corrected chi connectivity index (χ2v) is 7.21. The van der Waals surface area contributed by atoms with Crippen LogP contribution in [0.3, 0.4) is 0 Å². The number of rotatable bonds is 5. The molecule has 1 amide bonds. The summed E-state index contributed by atoms with van der Waals surface area (Å²) in [4.78, 5) is 17.8. The van der Waals surface area contributed by atoms with E-state index in [0.29, 0.717) is 12.5 Å². The molecule has 3 N–H and O–H groups in total. The van der Waals surface area contributed by atoms with Crippen molar-refractivity contribution in [1.82, 2.24) is 10.3 Å². The van der Waals surface area contributed by atoms with E-state index >= 15 is 0 Å². The Kier molecular flexibility index (Phi) is 5.08. The van der Waals surface area contributed by atoms with E-state index in [1.165, 1.54) is 25.7 Å². The van der Waals surface area contributed by atoms with Gasteiger partial charge in [-0.05, 0) is 25.3 Å². The molecule has 23 heavy (non-hydrogen) atoms. The molecule has 5 heteroatoms. The predicted molar refractivity (Wildman–Crippen MR) is 93.8 cm³/mol. The molecular weight excluding hydrogens is 306 g/mol. The molecule has 4 nitrogen and oxygen atoms in total. The smallest absolute Gasteiger partial charge is 0.263 e. The minimum atomic E-state index is -0.192. The molecule has 1 heterocycles. The average Bonchev–Trinajstić information content (AvgIpc) is 3.22. The number of amides is 1. The van der Waals surface area contributed by atoms with Gasteiger partial charge in [0.1, 0.15) is 4.88 Å². The molecule has 0 spiro atoms. The molecule has 1 aromatic carbocycles. The lowest BCUT2D eigenvalue weighted by Gasteiger charge is -2.12. The van der Waals surface area contributed by atoms with Crippen LogP contribution in [0.25, 0.3) is 0 Å². The summed E-state index contributed by atoms with van der Waals surface area (Å²) in [6.45, 7) is 2.35.